The molecule has 0 saturated carbocycles. The Morgan fingerprint density at radius 3 is 2.63 bits per heavy atom. The molecule has 1 aliphatic heterocycles. The lowest BCUT2D eigenvalue weighted by Gasteiger charge is -2.28. The van der Waals surface area contributed by atoms with Gasteiger partial charge >= 0.3 is 5.97 Å². The van der Waals surface area contributed by atoms with Crippen LogP contribution in [0.4, 0.5) is 5.95 Å². The second-order valence-corrected chi connectivity index (χ2v) is 7.26. The number of hydrogen-bond acceptors (Lipinski definition) is 7. The van der Waals surface area contributed by atoms with Crippen molar-refractivity contribution in [2.45, 2.75) is 52.0 Å². The fourth-order valence-electron chi connectivity index (χ4n) is 3.63. The highest BCUT2D eigenvalue weighted by Gasteiger charge is 2.34. The number of benzene rings is 1. The molecule has 2 heterocycles. The van der Waals surface area contributed by atoms with Crippen LogP contribution in [0.25, 0.3) is 0 Å². The second-order valence-electron chi connectivity index (χ2n) is 7.26. The van der Waals surface area contributed by atoms with Gasteiger partial charge in [0.1, 0.15) is 12.4 Å². The van der Waals surface area contributed by atoms with Gasteiger partial charge in [-0.15, -0.1) is 0 Å². The Morgan fingerprint density at radius 2 is 1.90 bits per heavy atom. The minimum absolute atomic E-state index is 0.351. The van der Waals surface area contributed by atoms with Gasteiger partial charge in [-0.1, -0.05) is 38.7 Å². The molecule has 1 aromatic heterocycles. The summed E-state index contributed by atoms with van der Waals surface area (Å²) in [7, 11) is 3.17. The summed E-state index contributed by atoms with van der Waals surface area (Å²) >= 11 is 0. The lowest BCUT2D eigenvalue weighted by Crippen LogP contribution is -2.29. The van der Waals surface area contributed by atoms with Crippen molar-refractivity contribution < 1.29 is 19.0 Å². The molecule has 1 aromatic carbocycles. The van der Waals surface area contributed by atoms with E-state index in [9.17, 15) is 4.79 Å². The Kier molecular flexibility index (Phi) is 7.32. The Balaban J connectivity index is 1.86. The summed E-state index contributed by atoms with van der Waals surface area (Å²) in [6.45, 7) is 4.43. The van der Waals surface area contributed by atoms with Crippen molar-refractivity contribution in [3.05, 3.63) is 41.4 Å². The van der Waals surface area contributed by atoms with Gasteiger partial charge in [0.25, 0.3) is 0 Å². The maximum atomic E-state index is 13.1. The normalized spacial score (nSPS) is 15.4. The molecule has 8 heteroatoms. The average molecular weight is 415 g/mol. The first kappa shape index (κ1) is 21.7. The number of allylic oxidation sites excluding steroid dienone is 1. The van der Waals surface area contributed by atoms with E-state index in [1.54, 1.807) is 18.9 Å². The molecule has 0 spiro atoms. The van der Waals surface area contributed by atoms with Crippen LogP contribution in [0.1, 0.15) is 57.6 Å². The smallest absolute Gasteiger partial charge is 0.338 e. The van der Waals surface area contributed by atoms with E-state index in [1.807, 2.05) is 25.1 Å². The zero-order valence-electron chi connectivity index (χ0n) is 18.1. The number of carbonyl (C=O) groups excluding carboxylic acids is 1. The van der Waals surface area contributed by atoms with Crippen LogP contribution in [-0.4, -0.2) is 41.6 Å². The SMILES string of the molecule is CCCCCCCOC(=O)C1=C(C)Nc2ncnn2[C@@H]1c1ccc(OC)c(OC)c1. The van der Waals surface area contributed by atoms with Gasteiger partial charge in [-0.25, -0.2) is 9.48 Å². The summed E-state index contributed by atoms with van der Waals surface area (Å²) in [6, 6.07) is 5.09. The molecule has 162 valence electrons. The van der Waals surface area contributed by atoms with Gasteiger partial charge in [0.2, 0.25) is 5.95 Å². The highest BCUT2D eigenvalue weighted by molar-refractivity contribution is 5.92. The fraction of sp³-hybridized carbons (Fsp3) is 0.500. The quantitative estimate of drug-likeness (QED) is 0.463. The minimum Gasteiger partial charge on any atom is -0.493 e. The van der Waals surface area contributed by atoms with Gasteiger partial charge in [0.05, 0.1) is 26.4 Å². The zero-order valence-corrected chi connectivity index (χ0v) is 18.1. The van der Waals surface area contributed by atoms with Crippen LogP contribution in [-0.2, 0) is 9.53 Å². The topological polar surface area (TPSA) is 87.5 Å². The Hall–Kier alpha value is -3.03. The van der Waals surface area contributed by atoms with Gasteiger partial charge in [0.15, 0.2) is 11.5 Å². The molecule has 1 aliphatic rings. The molecule has 1 atom stereocenters. The standard InChI is InChI=1S/C22H30N4O4/c1-5-6-7-8-9-12-30-21(27)19-15(2)25-22-23-14-24-26(22)20(19)16-10-11-17(28-3)18(13-16)29-4/h10-11,13-14,20H,5-9,12H2,1-4H3,(H,23,24,25)/t20-/m1/s1. The summed E-state index contributed by atoms with van der Waals surface area (Å²) in [4.78, 5) is 17.3. The highest BCUT2D eigenvalue weighted by Crippen LogP contribution is 2.38. The number of esters is 1. The third-order valence-electron chi connectivity index (χ3n) is 5.22. The highest BCUT2D eigenvalue weighted by atomic mass is 16.5. The zero-order chi connectivity index (χ0) is 21.5. The average Bonchev–Trinajstić information content (AvgIpc) is 3.22. The number of nitrogens with zero attached hydrogens (tertiary/aromatic N) is 3. The number of unbranched alkanes of at least 4 members (excludes halogenated alkanes) is 4. The number of anilines is 1. The molecule has 0 bridgehead atoms. The van der Waals surface area contributed by atoms with Crippen molar-refractivity contribution >= 4 is 11.9 Å². The number of hydrogen-bond donors (Lipinski definition) is 1. The Bertz CT molecular complexity index is 906. The Labute approximate surface area is 177 Å². The summed E-state index contributed by atoms with van der Waals surface area (Å²) in [6.07, 6.45) is 6.94. The molecule has 8 nitrogen and oxygen atoms in total. The molecule has 0 unspecified atom stereocenters. The first-order valence-corrected chi connectivity index (χ1v) is 10.4. The maximum Gasteiger partial charge on any atom is 0.338 e. The van der Waals surface area contributed by atoms with E-state index >= 15 is 0 Å². The van der Waals surface area contributed by atoms with E-state index in [2.05, 4.69) is 22.3 Å². The number of fused-ring (bicyclic) bond motifs is 1. The van der Waals surface area contributed by atoms with Crippen molar-refractivity contribution in [2.24, 2.45) is 0 Å². The van der Waals surface area contributed by atoms with E-state index in [0.717, 1.165) is 24.8 Å². The molecule has 0 fully saturated rings. The van der Waals surface area contributed by atoms with Gasteiger partial charge in [-0.2, -0.15) is 10.1 Å². The van der Waals surface area contributed by atoms with Crippen molar-refractivity contribution in [1.29, 1.82) is 0 Å². The number of nitrogens with one attached hydrogen (secondary N) is 1. The molecule has 2 aromatic rings. The van der Waals surface area contributed by atoms with Crippen LogP contribution in [0.15, 0.2) is 35.8 Å². The molecule has 1 N–H and O–H groups in total. The molecule has 0 aliphatic carbocycles. The molecule has 0 saturated heterocycles. The van der Waals surface area contributed by atoms with Crippen molar-refractivity contribution in [3.8, 4) is 11.5 Å². The van der Waals surface area contributed by atoms with E-state index in [0.29, 0.717) is 35.3 Å². The minimum atomic E-state index is -0.476. The van der Waals surface area contributed by atoms with Gasteiger partial charge in [-0.3, -0.25) is 0 Å². The Morgan fingerprint density at radius 1 is 1.13 bits per heavy atom. The van der Waals surface area contributed by atoms with E-state index in [1.165, 1.54) is 19.2 Å². The van der Waals surface area contributed by atoms with E-state index in [-0.39, 0.29) is 5.97 Å². The first-order chi connectivity index (χ1) is 14.6. The van der Waals surface area contributed by atoms with E-state index in [4.69, 9.17) is 14.2 Å². The molecule has 3 rings (SSSR count). The molecular formula is C22H30N4O4. The molecular weight excluding hydrogens is 384 g/mol. The monoisotopic (exact) mass is 414 g/mol. The van der Waals surface area contributed by atoms with Crippen LogP contribution in [0.2, 0.25) is 0 Å². The lowest BCUT2D eigenvalue weighted by atomic mass is 9.95. The number of rotatable bonds is 10. The van der Waals surface area contributed by atoms with Crippen LogP contribution in [0.5, 0.6) is 11.5 Å². The van der Waals surface area contributed by atoms with Crippen molar-refractivity contribution in [1.82, 2.24) is 14.8 Å². The largest absolute Gasteiger partial charge is 0.493 e. The second kappa shape index (κ2) is 10.1. The third kappa shape index (κ3) is 4.58. The molecule has 0 radical (unpaired) electrons. The van der Waals surface area contributed by atoms with Crippen LogP contribution in [0.3, 0.4) is 0 Å². The summed E-state index contributed by atoms with van der Waals surface area (Å²) in [5.74, 6) is 1.42. The first-order valence-electron chi connectivity index (χ1n) is 10.4. The third-order valence-corrected chi connectivity index (χ3v) is 5.22. The summed E-state index contributed by atoms with van der Waals surface area (Å²) in [5, 5.41) is 7.49. The van der Waals surface area contributed by atoms with Crippen molar-refractivity contribution in [2.75, 3.05) is 26.1 Å². The van der Waals surface area contributed by atoms with Gasteiger partial charge in [0, 0.05) is 5.70 Å². The number of carbonyl (C=O) groups is 1. The predicted molar refractivity (Wildman–Crippen MR) is 114 cm³/mol. The summed E-state index contributed by atoms with van der Waals surface area (Å²) in [5.41, 5.74) is 2.04. The molecule has 30 heavy (non-hydrogen) atoms. The number of methoxy groups -OCH3 is 2. The van der Waals surface area contributed by atoms with E-state index < -0.39 is 6.04 Å². The predicted octanol–water partition coefficient (Wildman–Crippen LogP) is 4.10. The van der Waals surface area contributed by atoms with Crippen LogP contribution in [0, 0.1) is 0 Å². The number of ether oxygens (including phenoxy) is 3. The van der Waals surface area contributed by atoms with Crippen LogP contribution >= 0.6 is 0 Å². The maximum absolute atomic E-state index is 13.1. The fourth-order valence-corrected chi connectivity index (χ4v) is 3.63. The van der Waals surface area contributed by atoms with Crippen LogP contribution < -0.4 is 14.8 Å². The van der Waals surface area contributed by atoms with Crippen molar-refractivity contribution in [3.63, 3.8) is 0 Å². The van der Waals surface area contributed by atoms with Gasteiger partial charge in [-0.05, 0) is 31.0 Å². The summed E-state index contributed by atoms with van der Waals surface area (Å²) < 4.78 is 18.1. The lowest BCUT2D eigenvalue weighted by molar-refractivity contribution is -0.139. The number of aromatic nitrogens is 3. The molecule has 0 amide bonds. The van der Waals surface area contributed by atoms with Gasteiger partial charge < -0.3 is 19.5 Å².